The van der Waals surface area contributed by atoms with E-state index in [1.54, 1.807) is 0 Å². The zero-order chi connectivity index (χ0) is 33.3. The molecule has 0 bridgehead atoms. The Labute approximate surface area is 290 Å². The van der Waals surface area contributed by atoms with Gasteiger partial charge in [-0.05, 0) is 51.6 Å². The van der Waals surface area contributed by atoms with Crippen LogP contribution >= 0.6 is 0 Å². The average molecular weight is 639 g/mol. The van der Waals surface area contributed by atoms with Crippen LogP contribution in [0.25, 0.3) is 89.1 Å². The molecule has 0 spiro atoms. The quantitative estimate of drug-likeness (QED) is 0.170. The Morgan fingerprint density at radius 3 is 1.42 bits per heavy atom. The first-order valence-corrected chi connectivity index (χ1v) is 16.7. The van der Waals surface area contributed by atoms with Crippen LogP contribution in [-0.2, 0) is 0 Å². The van der Waals surface area contributed by atoms with Crippen molar-refractivity contribution in [2.75, 3.05) is 0 Å². The van der Waals surface area contributed by atoms with Crippen molar-refractivity contribution < 1.29 is 0 Å². The Hall–Kier alpha value is -6.78. The zero-order valence-corrected chi connectivity index (χ0v) is 27.1. The molecule has 6 aromatic carbocycles. The van der Waals surface area contributed by atoms with E-state index < -0.39 is 0 Å². The maximum Gasteiger partial charge on any atom is 0.160 e. The molecular formula is C46H30N4. The number of benzene rings is 6. The van der Waals surface area contributed by atoms with Crippen molar-refractivity contribution >= 4 is 21.8 Å². The molecule has 0 aliphatic carbocycles. The smallest absolute Gasteiger partial charge is 0.160 e. The third kappa shape index (κ3) is 5.59. The second kappa shape index (κ2) is 12.7. The van der Waals surface area contributed by atoms with Gasteiger partial charge in [0.15, 0.2) is 5.82 Å². The minimum atomic E-state index is 0.706. The van der Waals surface area contributed by atoms with Crippen molar-refractivity contribution in [1.29, 1.82) is 0 Å². The molecule has 3 aromatic heterocycles. The minimum absolute atomic E-state index is 0.706. The van der Waals surface area contributed by atoms with E-state index in [0.29, 0.717) is 5.82 Å². The van der Waals surface area contributed by atoms with Crippen molar-refractivity contribution in [2.24, 2.45) is 0 Å². The van der Waals surface area contributed by atoms with Gasteiger partial charge in [-0.15, -0.1) is 0 Å². The molecule has 0 aliphatic heterocycles. The number of hydrogen-bond donors (Lipinski definition) is 0. The highest BCUT2D eigenvalue weighted by atomic mass is 14.9. The molecule has 4 heteroatoms. The molecule has 0 radical (unpaired) electrons. The minimum Gasteiger partial charge on any atom is -0.254 e. The molecule has 234 valence electrons. The van der Waals surface area contributed by atoms with E-state index in [1.807, 2.05) is 42.7 Å². The van der Waals surface area contributed by atoms with Crippen LogP contribution in [0.4, 0.5) is 0 Å². The lowest BCUT2D eigenvalue weighted by Crippen LogP contribution is -1.96. The summed E-state index contributed by atoms with van der Waals surface area (Å²) in [4.78, 5) is 19.3. The van der Waals surface area contributed by atoms with Crippen LogP contribution in [0.3, 0.4) is 0 Å². The second-order valence-electron chi connectivity index (χ2n) is 12.3. The van der Waals surface area contributed by atoms with E-state index in [4.69, 9.17) is 9.97 Å². The summed E-state index contributed by atoms with van der Waals surface area (Å²) in [7, 11) is 0. The standard InChI is InChI=1S/C46H30N4/c1-3-8-31(9-4-1)32-15-21-36(22-16-32)42-30-43(50-46(49-42)39-10-5-2-6-11-39)37-23-17-34(18-24-37)33-13-19-35(20-14-33)40-27-29-48-45-41(40)26-25-38-12-7-28-47-44(38)45/h1-30H. The summed E-state index contributed by atoms with van der Waals surface area (Å²) in [5, 5.41) is 2.19. The summed E-state index contributed by atoms with van der Waals surface area (Å²) in [5.74, 6) is 0.706. The Morgan fingerprint density at radius 1 is 0.320 bits per heavy atom. The van der Waals surface area contributed by atoms with E-state index in [-0.39, 0.29) is 0 Å². The Balaban J connectivity index is 1.03. The third-order valence-corrected chi connectivity index (χ3v) is 9.24. The molecule has 0 amide bonds. The van der Waals surface area contributed by atoms with E-state index >= 15 is 0 Å². The van der Waals surface area contributed by atoms with Crippen LogP contribution in [0.2, 0.25) is 0 Å². The lowest BCUT2D eigenvalue weighted by molar-refractivity contribution is 1.18. The molecular weight excluding hydrogens is 609 g/mol. The van der Waals surface area contributed by atoms with E-state index in [1.165, 1.54) is 11.1 Å². The van der Waals surface area contributed by atoms with Gasteiger partial charge in [-0.1, -0.05) is 152 Å². The van der Waals surface area contributed by atoms with Crippen LogP contribution in [0.5, 0.6) is 0 Å². The molecule has 0 atom stereocenters. The normalized spacial score (nSPS) is 11.2. The maximum atomic E-state index is 5.04. The van der Waals surface area contributed by atoms with Gasteiger partial charge >= 0.3 is 0 Å². The zero-order valence-electron chi connectivity index (χ0n) is 27.1. The number of aromatic nitrogens is 4. The van der Waals surface area contributed by atoms with Gasteiger partial charge < -0.3 is 0 Å². The largest absolute Gasteiger partial charge is 0.254 e. The van der Waals surface area contributed by atoms with Gasteiger partial charge in [0, 0.05) is 39.9 Å². The molecule has 0 saturated heterocycles. The van der Waals surface area contributed by atoms with E-state index in [0.717, 1.165) is 72.1 Å². The predicted octanol–water partition coefficient (Wildman–Crippen LogP) is 11.6. The van der Waals surface area contributed by atoms with E-state index in [9.17, 15) is 0 Å². The molecule has 9 aromatic rings. The van der Waals surface area contributed by atoms with Gasteiger partial charge in [0.25, 0.3) is 0 Å². The van der Waals surface area contributed by atoms with Crippen LogP contribution < -0.4 is 0 Å². The fourth-order valence-electron chi connectivity index (χ4n) is 6.60. The molecule has 50 heavy (non-hydrogen) atoms. The molecule has 0 N–H and O–H groups in total. The molecule has 3 heterocycles. The predicted molar refractivity (Wildman–Crippen MR) is 205 cm³/mol. The van der Waals surface area contributed by atoms with Gasteiger partial charge in [-0.3, -0.25) is 9.97 Å². The molecule has 0 unspecified atom stereocenters. The highest BCUT2D eigenvalue weighted by molar-refractivity contribution is 6.08. The number of fused-ring (bicyclic) bond motifs is 3. The first-order chi connectivity index (χ1) is 24.8. The summed E-state index contributed by atoms with van der Waals surface area (Å²) in [6.07, 6.45) is 3.70. The highest BCUT2D eigenvalue weighted by Gasteiger charge is 2.13. The van der Waals surface area contributed by atoms with E-state index in [2.05, 4.69) is 149 Å². The number of rotatable bonds is 6. The number of pyridine rings is 2. The number of hydrogen-bond acceptors (Lipinski definition) is 4. The topological polar surface area (TPSA) is 51.6 Å². The summed E-state index contributed by atoms with van der Waals surface area (Å²) >= 11 is 0. The fourth-order valence-corrected chi connectivity index (χ4v) is 6.60. The van der Waals surface area contributed by atoms with Crippen LogP contribution in [-0.4, -0.2) is 19.9 Å². The first kappa shape index (κ1) is 29.4. The lowest BCUT2D eigenvalue weighted by atomic mass is 9.96. The SMILES string of the molecule is c1ccc(-c2ccc(-c3cc(-c4ccc(-c5ccc(-c6ccnc7c6ccc6cccnc67)cc5)cc4)nc(-c4ccccc4)n3)cc2)cc1. The molecule has 9 rings (SSSR count). The van der Waals surface area contributed by atoms with Gasteiger partial charge in [0.2, 0.25) is 0 Å². The molecule has 4 nitrogen and oxygen atoms in total. The van der Waals surface area contributed by atoms with Crippen LogP contribution in [0.15, 0.2) is 182 Å². The maximum absolute atomic E-state index is 5.04. The monoisotopic (exact) mass is 638 g/mol. The van der Waals surface area contributed by atoms with Crippen molar-refractivity contribution in [1.82, 2.24) is 19.9 Å². The second-order valence-corrected chi connectivity index (χ2v) is 12.3. The summed E-state index contributed by atoms with van der Waals surface area (Å²) in [6, 6.07) is 59.1. The molecule has 0 fully saturated rings. The number of nitrogens with zero attached hydrogens (tertiary/aromatic N) is 4. The summed E-state index contributed by atoms with van der Waals surface area (Å²) in [5.41, 5.74) is 13.7. The third-order valence-electron chi connectivity index (χ3n) is 9.24. The van der Waals surface area contributed by atoms with Crippen LogP contribution in [0, 0.1) is 0 Å². The average Bonchev–Trinajstić information content (AvgIpc) is 3.21. The Morgan fingerprint density at radius 2 is 0.820 bits per heavy atom. The fraction of sp³-hybridized carbons (Fsp3) is 0. The van der Waals surface area contributed by atoms with Gasteiger partial charge in [0.05, 0.1) is 22.4 Å². The molecule has 0 saturated carbocycles. The first-order valence-electron chi connectivity index (χ1n) is 16.7. The van der Waals surface area contributed by atoms with Crippen LogP contribution in [0.1, 0.15) is 0 Å². The Bertz CT molecular complexity index is 2600. The Kier molecular flexibility index (Phi) is 7.45. The summed E-state index contributed by atoms with van der Waals surface area (Å²) in [6.45, 7) is 0. The van der Waals surface area contributed by atoms with Gasteiger partial charge in [-0.25, -0.2) is 9.97 Å². The van der Waals surface area contributed by atoms with Crippen molar-refractivity contribution in [3.8, 4) is 67.3 Å². The van der Waals surface area contributed by atoms with Crippen molar-refractivity contribution in [3.63, 3.8) is 0 Å². The lowest BCUT2D eigenvalue weighted by Gasteiger charge is -2.11. The highest BCUT2D eigenvalue weighted by Crippen LogP contribution is 2.34. The summed E-state index contributed by atoms with van der Waals surface area (Å²) < 4.78 is 0. The van der Waals surface area contributed by atoms with Crippen molar-refractivity contribution in [3.05, 3.63) is 182 Å². The van der Waals surface area contributed by atoms with Gasteiger partial charge in [-0.2, -0.15) is 0 Å². The van der Waals surface area contributed by atoms with Gasteiger partial charge in [0.1, 0.15) is 0 Å². The molecule has 0 aliphatic rings. The van der Waals surface area contributed by atoms with Crippen molar-refractivity contribution in [2.45, 2.75) is 0 Å².